The second-order valence-corrected chi connectivity index (χ2v) is 10.9. The van der Waals surface area contributed by atoms with Crippen molar-refractivity contribution in [2.24, 2.45) is 0 Å². The van der Waals surface area contributed by atoms with Crippen LogP contribution in [-0.2, 0) is 14.8 Å². The quantitative estimate of drug-likeness (QED) is 0.648. The van der Waals surface area contributed by atoms with Gasteiger partial charge in [-0.25, -0.2) is 8.42 Å². The molecule has 2 aromatic carbocycles. The summed E-state index contributed by atoms with van der Waals surface area (Å²) in [6.07, 6.45) is 1.81. The largest absolute Gasteiger partial charge is 0.483 e. The van der Waals surface area contributed by atoms with E-state index in [0.29, 0.717) is 37.5 Å². The van der Waals surface area contributed by atoms with Crippen LogP contribution in [0.4, 0.5) is 5.69 Å². The number of hydrogen-bond donors (Lipinski definition) is 0. The van der Waals surface area contributed by atoms with E-state index >= 15 is 0 Å². The van der Waals surface area contributed by atoms with Crippen LogP contribution in [0.25, 0.3) is 0 Å². The van der Waals surface area contributed by atoms with Crippen molar-refractivity contribution in [3.8, 4) is 5.75 Å². The van der Waals surface area contributed by atoms with Crippen molar-refractivity contribution < 1.29 is 17.9 Å². The Balaban J connectivity index is 1.32. The van der Waals surface area contributed by atoms with Crippen LogP contribution in [0, 0.1) is 20.8 Å². The predicted molar refractivity (Wildman–Crippen MR) is 129 cm³/mol. The summed E-state index contributed by atoms with van der Waals surface area (Å²) in [5.41, 5.74) is 4.50. The summed E-state index contributed by atoms with van der Waals surface area (Å²) < 4.78 is 32.8. The van der Waals surface area contributed by atoms with E-state index in [1.54, 1.807) is 18.2 Å². The number of benzene rings is 2. The van der Waals surface area contributed by atoms with Gasteiger partial charge in [0, 0.05) is 45.0 Å². The Labute approximate surface area is 197 Å². The minimum Gasteiger partial charge on any atom is -0.483 e. The van der Waals surface area contributed by atoms with Crippen LogP contribution < -0.4 is 9.64 Å². The highest BCUT2D eigenvalue weighted by Crippen LogP contribution is 2.27. The minimum absolute atomic E-state index is 0.0521. The summed E-state index contributed by atoms with van der Waals surface area (Å²) >= 11 is 0. The second-order valence-electron chi connectivity index (χ2n) is 8.91. The number of rotatable bonds is 6. The van der Waals surface area contributed by atoms with E-state index in [0.717, 1.165) is 25.9 Å². The summed E-state index contributed by atoms with van der Waals surface area (Å²) in [4.78, 5) is 17.2. The molecule has 2 aromatic rings. The molecule has 0 spiro atoms. The molecule has 0 radical (unpaired) electrons. The van der Waals surface area contributed by atoms with Gasteiger partial charge < -0.3 is 14.5 Å². The molecule has 4 rings (SSSR count). The lowest BCUT2D eigenvalue weighted by molar-refractivity contribution is -0.133. The van der Waals surface area contributed by atoms with Gasteiger partial charge in [0.1, 0.15) is 5.75 Å². The lowest BCUT2D eigenvalue weighted by atomic mass is 10.1. The Morgan fingerprint density at radius 2 is 1.61 bits per heavy atom. The van der Waals surface area contributed by atoms with Crippen LogP contribution in [0.5, 0.6) is 5.75 Å². The van der Waals surface area contributed by atoms with E-state index in [9.17, 15) is 13.2 Å². The van der Waals surface area contributed by atoms with Crippen LogP contribution >= 0.6 is 0 Å². The first-order chi connectivity index (χ1) is 15.8. The molecule has 0 aromatic heterocycles. The van der Waals surface area contributed by atoms with E-state index in [-0.39, 0.29) is 17.4 Å². The molecule has 0 unspecified atom stereocenters. The number of piperazine rings is 1. The van der Waals surface area contributed by atoms with E-state index in [4.69, 9.17) is 4.74 Å². The number of sulfonamides is 1. The Morgan fingerprint density at radius 1 is 0.909 bits per heavy atom. The molecule has 2 aliphatic heterocycles. The fraction of sp³-hybridized carbons (Fsp3) is 0.480. The molecule has 0 N–H and O–H groups in total. The van der Waals surface area contributed by atoms with Crippen molar-refractivity contribution in [2.45, 2.75) is 38.5 Å². The summed E-state index contributed by atoms with van der Waals surface area (Å²) in [5, 5.41) is 0. The highest BCUT2D eigenvalue weighted by molar-refractivity contribution is 7.89. The highest BCUT2D eigenvalue weighted by atomic mass is 32.2. The molecule has 33 heavy (non-hydrogen) atoms. The zero-order valence-electron chi connectivity index (χ0n) is 19.7. The van der Waals surface area contributed by atoms with Crippen molar-refractivity contribution in [3.63, 3.8) is 0 Å². The minimum atomic E-state index is -3.46. The Kier molecular flexibility index (Phi) is 6.95. The predicted octanol–water partition coefficient (Wildman–Crippen LogP) is 3.12. The number of hydrogen-bond acceptors (Lipinski definition) is 5. The Hall–Kier alpha value is -2.58. The Morgan fingerprint density at radius 3 is 2.27 bits per heavy atom. The van der Waals surface area contributed by atoms with Gasteiger partial charge in [-0.3, -0.25) is 4.79 Å². The van der Waals surface area contributed by atoms with Crippen LogP contribution in [0.15, 0.2) is 41.3 Å². The maximum absolute atomic E-state index is 12.8. The molecule has 8 heteroatoms. The summed E-state index contributed by atoms with van der Waals surface area (Å²) in [7, 11) is -3.46. The number of amides is 1. The first-order valence-corrected chi connectivity index (χ1v) is 13.0. The van der Waals surface area contributed by atoms with Gasteiger partial charge in [-0.05, 0) is 74.6 Å². The molecular weight excluding hydrogens is 438 g/mol. The standard InChI is InChI=1S/C25H33N3O4S/c1-19-7-6-8-23(21(19)3)26-13-15-27(16-14-26)25(29)18-32-24-10-9-22(17-20(24)2)33(30,31)28-11-4-5-12-28/h6-10,17H,4-5,11-16,18H2,1-3H3. The van der Waals surface area contributed by atoms with Gasteiger partial charge in [0.2, 0.25) is 10.0 Å². The molecular formula is C25H33N3O4S. The Bertz CT molecular complexity index is 1120. The van der Waals surface area contributed by atoms with Crippen molar-refractivity contribution in [1.82, 2.24) is 9.21 Å². The first kappa shape index (κ1) is 23.6. The maximum atomic E-state index is 12.8. The third-order valence-corrected chi connectivity index (χ3v) is 8.64. The molecule has 7 nitrogen and oxygen atoms in total. The fourth-order valence-electron chi connectivity index (χ4n) is 4.53. The van der Waals surface area contributed by atoms with Crippen molar-refractivity contribution in [1.29, 1.82) is 0 Å². The molecule has 2 heterocycles. The van der Waals surface area contributed by atoms with Crippen molar-refractivity contribution >= 4 is 21.6 Å². The molecule has 0 aliphatic carbocycles. The highest BCUT2D eigenvalue weighted by Gasteiger charge is 2.28. The monoisotopic (exact) mass is 471 g/mol. The van der Waals surface area contributed by atoms with Gasteiger partial charge in [-0.15, -0.1) is 0 Å². The number of carbonyl (C=O) groups excluding carboxylic acids is 1. The maximum Gasteiger partial charge on any atom is 0.260 e. The number of ether oxygens (including phenoxy) is 1. The van der Waals surface area contributed by atoms with Gasteiger partial charge in [0.15, 0.2) is 6.61 Å². The zero-order chi connectivity index (χ0) is 23.6. The lowest BCUT2D eigenvalue weighted by Gasteiger charge is -2.37. The lowest BCUT2D eigenvalue weighted by Crippen LogP contribution is -2.50. The molecule has 0 atom stereocenters. The molecule has 2 aliphatic rings. The van der Waals surface area contributed by atoms with Crippen molar-refractivity contribution in [2.75, 3.05) is 50.8 Å². The molecule has 0 bridgehead atoms. The van der Waals surface area contributed by atoms with Crippen molar-refractivity contribution in [3.05, 3.63) is 53.1 Å². The van der Waals surface area contributed by atoms with Crippen LogP contribution in [0.2, 0.25) is 0 Å². The molecule has 2 saturated heterocycles. The number of carbonyl (C=O) groups is 1. The molecule has 2 fully saturated rings. The summed E-state index contributed by atoms with van der Waals surface area (Å²) in [6.45, 7) is 10.1. The second kappa shape index (κ2) is 9.73. The average Bonchev–Trinajstić information content (AvgIpc) is 3.36. The number of nitrogens with zero attached hydrogens (tertiary/aromatic N) is 3. The number of anilines is 1. The van der Waals surface area contributed by atoms with Gasteiger partial charge in [-0.2, -0.15) is 4.31 Å². The third kappa shape index (κ3) is 5.01. The van der Waals surface area contributed by atoms with E-state index < -0.39 is 10.0 Å². The average molecular weight is 472 g/mol. The topological polar surface area (TPSA) is 70.2 Å². The normalized spacial score (nSPS) is 17.4. The van der Waals surface area contributed by atoms with E-state index in [1.165, 1.54) is 21.1 Å². The van der Waals surface area contributed by atoms with E-state index in [2.05, 4.69) is 36.9 Å². The fourth-order valence-corrected chi connectivity index (χ4v) is 6.13. The zero-order valence-corrected chi connectivity index (χ0v) is 20.5. The molecule has 178 valence electrons. The summed E-state index contributed by atoms with van der Waals surface area (Å²) in [5.74, 6) is 0.488. The van der Waals surface area contributed by atoms with Gasteiger partial charge in [-0.1, -0.05) is 12.1 Å². The molecule has 0 saturated carbocycles. The molecule has 1 amide bonds. The van der Waals surface area contributed by atoms with Crippen LogP contribution in [0.1, 0.15) is 29.5 Å². The smallest absolute Gasteiger partial charge is 0.260 e. The van der Waals surface area contributed by atoms with Gasteiger partial charge in [0.05, 0.1) is 4.90 Å². The van der Waals surface area contributed by atoms with Crippen LogP contribution in [0.3, 0.4) is 0 Å². The first-order valence-electron chi connectivity index (χ1n) is 11.6. The van der Waals surface area contributed by atoms with Gasteiger partial charge in [0.25, 0.3) is 5.91 Å². The SMILES string of the molecule is Cc1cc(S(=O)(=O)N2CCCC2)ccc1OCC(=O)N1CCN(c2cccc(C)c2C)CC1. The summed E-state index contributed by atoms with van der Waals surface area (Å²) in [6, 6.07) is 11.2. The van der Waals surface area contributed by atoms with Crippen LogP contribution in [-0.4, -0.2) is 69.4 Å². The van der Waals surface area contributed by atoms with Gasteiger partial charge >= 0.3 is 0 Å². The van der Waals surface area contributed by atoms with E-state index in [1.807, 2.05) is 11.8 Å². The third-order valence-electron chi connectivity index (χ3n) is 6.75. The number of aryl methyl sites for hydroxylation is 2.